The number of rotatable bonds is 8. The van der Waals surface area contributed by atoms with E-state index in [-0.39, 0.29) is 11.4 Å². The van der Waals surface area contributed by atoms with Crippen LogP contribution in [0.4, 0.5) is 0 Å². The van der Waals surface area contributed by atoms with Gasteiger partial charge in [0.2, 0.25) is 18.6 Å². The van der Waals surface area contributed by atoms with E-state index in [1.54, 1.807) is 33.4 Å². The van der Waals surface area contributed by atoms with Gasteiger partial charge in [-0.15, -0.1) is 11.3 Å². The zero-order valence-electron chi connectivity index (χ0n) is 23.5. The summed E-state index contributed by atoms with van der Waals surface area (Å²) in [6, 6.07) is 17.0. The molecule has 0 spiro atoms. The van der Waals surface area contributed by atoms with E-state index in [9.17, 15) is 4.79 Å². The maximum Gasteiger partial charge on any atom is 0.212 e. The lowest BCUT2D eigenvalue weighted by Crippen LogP contribution is -2.15. The molecule has 212 valence electrons. The Kier molecular flexibility index (Phi) is 17.8. The molecular formula is C29H38ClN3O5S. The summed E-state index contributed by atoms with van der Waals surface area (Å²) in [5.74, 6) is 0.784. The smallest absolute Gasteiger partial charge is 0.212 e. The number of ketones is 1. The molecule has 0 unspecified atom stereocenters. The Balaban J connectivity index is 0.000000794. The fourth-order valence-electron chi connectivity index (χ4n) is 2.57. The Bertz CT molecular complexity index is 1140. The minimum Gasteiger partial charge on any atom is -0.497 e. The van der Waals surface area contributed by atoms with Gasteiger partial charge in [-0.25, -0.2) is 0 Å². The number of methoxy groups -OCH3 is 2. The van der Waals surface area contributed by atoms with Crippen molar-refractivity contribution in [1.82, 2.24) is 10.6 Å². The molecule has 10 heteroatoms. The van der Waals surface area contributed by atoms with Crippen LogP contribution in [-0.2, 0) is 20.7 Å². The van der Waals surface area contributed by atoms with Gasteiger partial charge >= 0.3 is 0 Å². The fraction of sp³-hybridized carbons (Fsp3) is 0.310. The second-order valence-electron chi connectivity index (χ2n) is 8.53. The molecule has 3 aromatic rings. The number of aryl methyl sites for hydroxylation is 1. The van der Waals surface area contributed by atoms with Crippen LogP contribution >= 0.6 is 22.9 Å². The van der Waals surface area contributed by atoms with Crippen LogP contribution in [0, 0.1) is 5.41 Å². The van der Waals surface area contributed by atoms with E-state index in [1.165, 1.54) is 16.9 Å². The molecule has 0 aliphatic rings. The van der Waals surface area contributed by atoms with Crippen LogP contribution < -0.4 is 15.4 Å². The van der Waals surface area contributed by atoms with Crippen molar-refractivity contribution >= 4 is 47.9 Å². The van der Waals surface area contributed by atoms with Gasteiger partial charge in [-0.05, 0) is 80.8 Å². The molecule has 39 heavy (non-hydrogen) atoms. The van der Waals surface area contributed by atoms with Gasteiger partial charge in [-0.1, -0.05) is 30.7 Å². The number of hydrogen-bond acceptors (Lipinski definition) is 7. The quantitative estimate of drug-likeness (QED) is 0.132. The Morgan fingerprint density at radius 2 is 1.56 bits per heavy atom. The number of carbonyl (C=O) groups is 3. The van der Waals surface area contributed by atoms with E-state index >= 15 is 0 Å². The number of amides is 2. The van der Waals surface area contributed by atoms with Crippen LogP contribution in [0.2, 0.25) is 5.02 Å². The molecule has 0 radical (unpaired) electrons. The van der Waals surface area contributed by atoms with Crippen LogP contribution in [0.15, 0.2) is 54.6 Å². The van der Waals surface area contributed by atoms with Crippen LogP contribution in [-0.4, -0.2) is 51.8 Å². The highest BCUT2D eigenvalue weighted by Gasteiger charge is 2.16. The van der Waals surface area contributed by atoms with Gasteiger partial charge in [0.1, 0.15) is 5.75 Å². The molecular weight excluding hydrogens is 538 g/mol. The summed E-state index contributed by atoms with van der Waals surface area (Å²) >= 11 is 7.50. The van der Waals surface area contributed by atoms with Gasteiger partial charge in [0.25, 0.3) is 0 Å². The maximum absolute atomic E-state index is 12.8. The van der Waals surface area contributed by atoms with Crippen molar-refractivity contribution in [3.05, 3.63) is 75.6 Å². The SMILES string of the molecule is CCc1cc(C(=O)c2ccc(OC)cc2)sc1-c1ccc(Cl)cc1.CNC=O.COC(C)(C)C.N=CNC=O. The highest BCUT2D eigenvalue weighted by molar-refractivity contribution is 7.17. The standard InChI is InChI=1S/C20H17ClO2S.C5H12O.C2H4N2O.C2H5NO/c1-3-13-12-18(19(22)14-6-10-17(23-2)11-7-14)24-20(13)15-4-8-16(21)9-5-15;1-5(2,3)6-4;3-1-4-2-5;1-3-2-4/h4-12H,3H2,1-2H3;1-4H3;1-2H,(H2,3,4,5);2H,1H3,(H,3,4). The van der Waals surface area contributed by atoms with Gasteiger partial charge in [0.15, 0.2) is 0 Å². The number of carbonyl (C=O) groups excluding carboxylic acids is 3. The molecule has 0 atom stereocenters. The van der Waals surface area contributed by atoms with Gasteiger partial charge in [-0.2, -0.15) is 0 Å². The third-order valence-electron chi connectivity index (χ3n) is 4.75. The van der Waals surface area contributed by atoms with Crippen molar-refractivity contribution in [2.75, 3.05) is 21.3 Å². The van der Waals surface area contributed by atoms with Crippen molar-refractivity contribution in [2.24, 2.45) is 0 Å². The molecule has 1 heterocycles. The fourth-order valence-corrected chi connectivity index (χ4v) is 3.91. The first-order valence-electron chi connectivity index (χ1n) is 11.9. The number of benzene rings is 2. The molecule has 0 bridgehead atoms. The zero-order valence-corrected chi connectivity index (χ0v) is 25.0. The van der Waals surface area contributed by atoms with Crippen molar-refractivity contribution in [2.45, 2.75) is 39.7 Å². The summed E-state index contributed by atoms with van der Waals surface area (Å²) < 4.78 is 10.1. The third-order valence-corrected chi connectivity index (χ3v) is 6.23. The van der Waals surface area contributed by atoms with Gasteiger partial charge < -0.3 is 20.1 Å². The average molecular weight is 576 g/mol. The Hall–Kier alpha value is -3.53. The second-order valence-corrected chi connectivity index (χ2v) is 10.0. The van der Waals surface area contributed by atoms with E-state index in [0.29, 0.717) is 23.4 Å². The van der Waals surface area contributed by atoms with Crippen LogP contribution in [0.3, 0.4) is 0 Å². The topological polar surface area (TPSA) is 118 Å². The highest BCUT2D eigenvalue weighted by atomic mass is 35.5. The highest BCUT2D eigenvalue weighted by Crippen LogP contribution is 2.35. The average Bonchev–Trinajstić information content (AvgIpc) is 3.38. The molecule has 3 rings (SSSR count). The normalized spacial score (nSPS) is 9.64. The lowest BCUT2D eigenvalue weighted by molar-refractivity contribution is -0.109. The Labute approximate surface area is 240 Å². The first-order chi connectivity index (χ1) is 18.5. The summed E-state index contributed by atoms with van der Waals surface area (Å²) in [6.45, 7) is 8.16. The van der Waals surface area contributed by atoms with Crippen molar-refractivity contribution < 1.29 is 23.9 Å². The van der Waals surface area contributed by atoms with Crippen LogP contribution in [0.1, 0.15) is 48.5 Å². The minimum absolute atomic E-state index is 0.0394. The predicted octanol–water partition coefficient (Wildman–Crippen LogP) is 6.00. The summed E-state index contributed by atoms with van der Waals surface area (Å²) in [7, 11) is 4.88. The van der Waals surface area contributed by atoms with Gasteiger partial charge in [0.05, 0.1) is 23.9 Å². The van der Waals surface area contributed by atoms with Crippen molar-refractivity contribution in [3.63, 3.8) is 0 Å². The number of nitrogens with one attached hydrogen (secondary N) is 3. The molecule has 2 aromatic carbocycles. The summed E-state index contributed by atoms with van der Waals surface area (Å²) in [5.41, 5.74) is 2.98. The third kappa shape index (κ3) is 14.3. The van der Waals surface area contributed by atoms with Crippen molar-refractivity contribution in [3.8, 4) is 16.2 Å². The molecule has 3 N–H and O–H groups in total. The molecule has 0 aliphatic carbocycles. The molecule has 0 aliphatic heterocycles. The first-order valence-corrected chi connectivity index (χ1v) is 13.1. The van der Waals surface area contributed by atoms with Gasteiger partial charge in [0, 0.05) is 29.6 Å². The van der Waals surface area contributed by atoms with Crippen LogP contribution in [0.5, 0.6) is 5.75 Å². The second kappa shape index (κ2) is 19.5. The lowest BCUT2D eigenvalue weighted by Gasteiger charge is -2.14. The first kappa shape index (κ1) is 35.5. The zero-order chi connectivity index (χ0) is 29.8. The maximum atomic E-state index is 12.8. The summed E-state index contributed by atoms with van der Waals surface area (Å²) in [6.07, 6.45) is 2.75. The molecule has 0 fully saturated rings. The Morgan fingerprint density at radius 3 is 1.92 bits per heavy atom. The largest absolute Gasteiger partial charge is 0.497 e. The Morgan fingerprint density at radius 1 is 1.03 bits per heavy atom. The lowest BCUT2D eigenvalue weighted by atomic mass is 10.1. The minimum atomic E-state index is 0.0394. The van der Waals surface area contributed by atoms with Gasteiger partial charge in [-0.3, -0.25) is 19.8 Å². The number of thiophene rings is 1. The van der Waals surface area contributed by atoms with Crippen molar-refractivity contribution in [1.29, 1.82) is 5.41 Å². The molecule has 8 nitrogen and oxygen atoms in total. The van der Waals surface area contributed by atoms with Crippen LogP contribution in [0.25, 0.3) is 10.4 Å². The van der Waals surface area contributed by atoms with E-state index in [1.807, 2.05) is 68.6 Å². The summed E-state index contributed by atoms with van der Waals surface area (Å²) in [4.78, 5) is 32.8. The number of ether oxygens (including phenoxy) is 2. The monoisotopic (exact) mass is 575 g/mol. The molecule has 0 saturated carbocycles. The van der Waals surface area contributed by atoms with E-state index in [4.69, 9.17) is 36.1 Å². The van der Waals surface area contributed by atoms with E-state index < -0.39 is 0 Å². The predicted molar refractivity (Wildman–Crippen MR) is 160 cm³/mol. The summed E-state index contributed by atoms with van der Waals surface area (Å²) in [5, 5.41) is 11.1. The number of hydrogen-bond donors (Lipinski definition) is 3. The van der Waals surface area contributed by atoms with E-state index in [0.717, 1.165) is 33.8 Å². The molecule has 2 amide bonds. The number of halogens is 1. The molecule has 1 aromatic heterocycles. The molecule has 0 saturated heterocycles. The van der Waals surface area contributed by atoms with E-state index in [2.05, 4.69) is 12.2 Å².